The van der Waals surface area contributed by atoms with Crippen molar-refractivity contribution in [3.63, 3.8) is 0 Å². The summed E-state index contributed by atoms with van der Waals surface area (Å²) in [4.78, 5) is 0. The van der Waals surface area contributed by atoms with Crippen LogP contribution in [-0.2, 0) is 9.47 Å². The van der Waals surface area contributed by atoms with Crippen molar-refractivity contribution < 1.29 is 9.47 Å². The fraction of sp³-hybridized carbons (Fsp3) is 1.00. The lowest BCUT2D eigenvalue weighted by Crippen LogP contribution is -2.32. The maximum Gasteiger partial charge on any atom is 0.0809 e. The van der Waals surface area contributed by atoms with Crippen molar-refractivity contribution in [3.8, 4) is 0 Å². The van der Waals surface area contributed by atoms with Crippen molar-refractivity contribution in [2.24, 2.45) is 5.92 Å². The highest BCUT2D eigenvalue weighted by atomic mass is 16.5. The van der Waals surface area contributed by atoms with Crippen molar-refractivity contribution in [1.29, 1.82) is 0 Å². The average molecular weight is 241 g/mol. The van der Waals surface area contributed by atoms with E-state index in [0.29, 0.717) is 6.10 Å². The van der Waals surface area contributed by atoms with E-state index in [1.807, 2.05) is 0 Å². The van der Waals surface area contributed by atoms with Crippen molar-refractivity contribution in [2.75, 3.05) is 26.4 Å². The standard InChI is InChI=1S/C14H27NO2/c1-12-5-2-7-14(12)15-8-4-9-16-11-13-6-3-10-17-13/h12-15H,2-11H2,1H3. The molecule has 1 aliphatic heterocycles. The van der Waals surface area contributed by atoms with Crippen LogP contribution < -0.4 is 5.32 Å². The molecule has 1 saturated carbocycles. The van der Waals surface area contributed by atoms with Crippen LogP contribution in [0.25, 0.3) is 0 Å². The second kappa shape index (κ2) is 7.34. The highest BCUT2D eigenvalue weighted by molar-refractivity contribution is 4.79. The van der Waals surface area contributed by atoms with Gasteiger partial charge in [0.2, 0.25) is 0 Å². The number of ether oxygens (including phenoxy) is 2. The Balaban J connectivity index is 1.41. The zero-order valence-electron chi connectivity index (χ0n) is 11.1. The summed E-state index contributed by atoms with van der Waals surface area (Å²) in [6.07, 6.45) is 8.03. The Morgan fingerprint density at radius 2 is 2.18 bits per heavy atom. The Labute approximate surface area is 105 Å². The molecule has 0 radical (unpaired) electrons. The summed E-state index contributed by atoms with van der Waals surface area (Å²) in [5.41, 5.74) is 0. The molecule has 3 atom stereocenters. The molecule has 3 unspecified atom stereocenters. The molecule has 1 N–H and O–H groups in total. The topological polar surface area (TPSA) is 30.5 Å². The van der Waals surface area contributed by atoms with E-state index in [9.17, 15) is 0 Å². The van der Waals surface area contributed by atoms with E-state index in [0.717, 1.165) is 44.7 Å². The van der Waals surface area contributed by atoms with Crippen LogP contribution in [0.5, 0.6) is 0 Å². The van der Waals surface area contributed by atoms with Gasteiger partial charge >= 0.3 is 0 Å². The molecule has 1 aliphatic carbocycles. The van der Waals surface area contributed by atoms with Gasteiger partial charge < -0.3 is 14.8 Å². The summed E-state index contributed by atoms with van der Waals surface area (Å²) in [5.74, 6) is 0.864. The average Bonchev–Trinajstić information content (AvgIpc) is 2.95. The minimum atomic E-state index is 0.373. The normalized spacial score (nSPS) is 33.4. The summed E-state index contributed by atoms with van der Waals surface area (Å²) < 4.78 is 11.2. The molecule has 0 amide bonds. The summed E-state index contributed by atoms with van der Waals surface area (Å²) in [6, 6.07) is 0.758. The van der Waals surface area contributed by atoms with Crippen molar-refractivity contribution in [3.05, 3.63) is 0 Å². The SMILES string of the molecule is CC1CCCC1NCCCOCC1CCCO1. The first-order valence-corrected chi connectivity index (χ1v) is 7.29. The molecule has 2 aliphatic rings. The van der Waals surface area contributed by atoms with Crippen molar-refractivity contribution in [1.82, 2.24) is 5.32 Å². The van der Waals surface area contributed by atoms with Crippen LogP contribution in [0.3, 0.4) is 0 Å². The second-order valence-corrected chi connectivity index (χ2v) is 5.53. The van der Waals surface area contributed by atoms with E-state index in [1.54, 1.807) is 0 Å². The third kappa shape index (κ3) is 4.57. The fourth-order valence-corrected chi connectivity index (χ4v) is 2.90. The van der Waals surface area contributed by atoms with Crippen molar-refractivity contribution >= 4 is 0 Å². The molecule has 1 saturated heterocycles. The zero-order valence-corrected chi connectivity index (χ0v) is 11.1. The largest absolute Gasteiger partial charge is 0.379 e. The Morgan fingerprint density at radius 1 is 1.24 bits per heavy atom. The van der Waals surface area contributed by atoms with Gasteiger partial charge in [-0.2, -0.15) is 0 Å². The van der Waals surface area contributed by atoms with E-state index >= 15 is 0 Å². The summed E-state index contributed by atoms with van der Waals surface area (Å²) in [7, 11) is 0. The maximum absolute atomic E-state index is 5.64. The molecule has 0 bridgehead atoms. The molecule has 0 aromatic carbocycles. The Bertz CT molecular complexity index is 204. The van der Waals surface area contributed by atoms with Crippen LogP contribution in [-0.4, -0.2) is 38.5 Å². The summed E-state index contributed by atoms with van der Waals surface area (Å²) in [5, 5.41) is 3.65. The van der Waals surface area contributed by atoms with Crippen LogP contribution in [0.4, 0.5) is 0 Å². The number of hydrogen-bond acceptors (Lipinski definition) is 3. The van der Waals surface area contributed by atoms with Crippen LogP contribution >= 0.6 is 0 Å². The van der Waals surface area contributed by atoms with Gasteiger partial charge in [0, 0.05) is 19.3 Å². The highest BCUT2D eigenvalue weighted by Gasteiger charge is 2.22. The molecule has 100 valence electrons. The van der Waals surface area contributed by atoms with E-state index in [4.69, 9.17) is 9.47 Å². The Morgan fingerprint density at radius 3 is 2.88 bits per heavy atom. The predicted octanol–water partition coefficient (Wildman–Crippen LogP) is 2.35. The van der Waals surface area contributed by atoms with Crippen molar-refractivity contribution in [2.45, 2.75) is 57.6 Å². The first-order chi connectivity index (χ1) is 8.36. The highest BCUT2D eigenvalue weighted by Crippen LogP contribution is 2.24. The van der Waals surface area contributed by atoms with Gasteiger partial charge in [-0.1, -0.05) is 13.3 Å². The van der Waals surface area contributed by atoms with E-state index in [1.165, 1.54) is 32.1 Å². The fourth-order valence-electron chi connectivity index (χ4n) is 2.90. The zero-order chi connectivity index (χ0) is 11.9. The molecule has 3 nitrogen and oxygen atoms in total. The monoisotopic (exact) mass is 241 g/mol. The first-order valence-electron chi connectivity index (χ1n) is 7.29. The molecule has 0 aromatic rings. The van der Waals surface area contributed by atoms with Gasteiger partial charge in [-0.15, -0.1) is 0 Å². The van der Waals surface area contributed by atoms with Gasteiger partial charge in [0.25, 0.3) is 0 Å². The van der Waals surface area contributed by atoms with Crippen LogP contribution in [0, 0.1) is 5.92 Å². The smallest absolute Gasteiger partial charge is 0.0809 e. The van der Waals surface area contributed by atoms with E-state index < -0.39 is 0 Å². The molecule has 1 heterocycles. The number of rotatable bonds is 7. The summed E-state index contributed by atoms with van der Waals surface area (Å²) in [6.45, 7) is 6.04. The lowest BCUT2D eigenvalue weighted by Gasteiger charge is -2.17. The number of hydrogen-bond donors (Lipinski definition) is 1. The molecule has 2 rings (SSSR count). The minimum absolute atomic E-state index is 0.373. The second-order valence-electron chi connectivity index (χ2n) is 5.53. The van der Waals surface area contributed by atoms with Gasteiger partial charge in [-0.25, -0.2) is 0 Å². The lowest BCUT2D eigenvalue weighted by atomic mass is 10.1. The Hall–Kier alpha value is -0.120. The predicted molar refractivity (Wildman–Crippen MR) is 69.2 cm³/mol. The first kappa shape index (κ1) is 13.3. The van der Waals surface area contributed by atoms with Gasteiger partial charge in [-0.05, 0) is 44.6 Å². The quantitative estimate of drug-likeness (QED) is 0.694. The summed E-state index contributed by atoms with van der Waals surface area (Å²) >= 11 is 0. The van der Waals surface area contributed by atoms with Gasteiger partial charge in [-0.3, -0.25) is 0 Å². The van der Waals surface area contributed by atoms with Crippen LogP contribution in [0.2, 0.25) is 0 Å². The van der Waals surface area contributed by atoms with Gasteiger partial charge in [0.1, 0.15) is 0 Å². The lowest BCUT2D eigenvalue weighted by molar-refractivity contribution is 0.0165. The number of nitrogens with one attached hydrogen (secondary N) is 1. The molecule has 2 fully saturated rings. The van der Waals surface area contributed by atoms with Crippen LogP contribution in [0.15, 0.2) is 0 Å². The minimum Gasteiger partial charge on any atom is -0.379 e. The molecule has 0 spiro atoms. The third-order valence-electron chi connectivity index (χ3n) is 4.06. The van der Waals surface area contributed by atoms with E-state index in [-0.39, 0.29) is 0 Å². The third-order valence-corrected chi connectivity index (χ3v) is 4.06. The molecule has 17 heavy (non-hydrogen) atoms. The van der Waals surface area contributed by atoms with Gasteiger partial charge in [0.15, 0.2) is 0 Å². The maximum atomic E-state index is 5.64. The Kier molecular flexibility index (Phi) is 5.75. The van der Waals surface area contributed by atoms with Gasteiger partial charge in [0.05, 0.1) is 12.7 Å². The molecule has 0 aromatic heterocycles. The van der Waals surface area contributed by atoms with E-state index in [2.05, 4.69) is 12.2 Å². The van der Waals surface area contributed by atoms with Crippen LogP contribution in [0.1, 0.15) is 45.4 Å². The molecular weight excluding hydrogens is 214 g/mol. The molecule has 3 heteroatoms. The molecular formula is C14H27NO2.